The van der Waals surface area contributed by atoms with Crippen molar-refractivity contribution >= 4 is 43.3 Å². The number of fused-ring (bicyclic) bond motifs is 1. The molecule has 0 spiro atoms. The summed E-state index contributed by atoms with van der Waals surface area (Å²) in [5.41, 5.74) is 2.94. The van der Waals surface area contributed by atoms with Gasteiger partial charge in [0, 0.05) is 11.8 Å². The van der Waals surface area contributed by atoms with Gasteiger partial charge in [-0.1, -0.05) is 29.5 Å². The molecular weight excluding hydrogens is 424 g/mol. The third-order valence-electron chi connectivity index (χ3n) is 4.52. The summed E-state index contributed by atoms with van der Waals surface area (Å²) in [5, 5.41) is 0. The molecule has 30 heavy (non-hydrogen) atoms. The van der Waals surface area contributed by atoms with Crippen LogP contribution in [0.3, 0.4) is 0 Å². The van der Waals surface area contributed by atoms with Crippen LogP contribution in [0.4, 0.5) is 0 Å². The van der Waals surface area contributed by atoms with Crippen LogP contribution in [0.1, 0.15) is 28.4 Å². The van der Waals surface area contributed by atoms with Crippen molar-refractivity contribution in [2.24, 2.45) is 4.99 Å². The van der Waals surface area contributed by atoms with E-state index in [0.29, 0.717) is 4.80 Å². The predicted octanol–water partition coefficient (Wildman–Crippen LogP) is 3.03. The largest absolute Gasteiger partial charge is 0.465 e. The van der Waals surface area contributed by atoms with E-state index in [-0.39, 0.29) is 23.6 Å². The number of nitrogens with zero attached hydrogens (tertiary/aromatic N) is 2. The number of aromatic nitrogens is 1. The van der Waals surface area contributed by atoms with E-state index in [0.717, 1.165) is 27.6 Å². The van der Waals surface area contributed by atoms with Gasteiger partial charge in [0.25, 0.3) is 5.91 Å². The molecule has 158 valence electrons. The molecular formula is C21H22N2O5S2. The Bertz CT molecular complexity index is 1320. The molecule has 0 unspecified atom stereocenters. The molecule has 0 aliphatic heterocycles. The second-order valence-corrected chi connectivity index (χ2v) is 9.86. The summed E-state index contributed by atoms with van der Waals surface area (Å²) in [5.74, 6) is -1.01. The lowest BCUT2D eigenvalue weighted by molar-refractivity contribution is -0.143. The van der Waals surface area contributed by atoms with Crippen LogP contribution in [0.5, 0.6) is 0 Å². The second kappa shape index (κ2) is 8.53. The highest BCUT2D eigenvalue weighted by Crippen LogP contribution is 2.25. The summed E-state index contributed by atoms with van der Waals surface area (Å²) >= 11 is 1.31. The molecule has 0 saturated carbocycles. The van der Waals surface area contributed by atoms with E-state index in [9.17, 15) is 18.0 Å². The van der Waals surface area contributed by atoms with Gasteiger partial charge in [-0.2, -0.15) is 4.99 Å². The fourth-order valence-corrected chi connectivity index (χ4v) is 4.89. The molecule has 1 amide bonds. The van der Waals surface area contributed by atoms with Crippen LogP contribution in [0.2, 0.25) is 0 Å². The SMILES string of the molecule is CCOC(=O)Cn1c(=NC(=O)c2cccc(S(C)(=O)=O)c2)sc2c(C)ccc(C)c21. The highest BCUT2D eigenvalue weighted by atomic mass is 32.2. The van der Waals surface area contributed by atoms with Gasteiger partial charge in [-0.15, -0.1) is 0 Å². The minimum absolute atomic E-state index is 0.0472. The lowest BCUT2D eigenvalue weighted by Crippen LogP contribution is -2.23. The number of carbonyl (C=O) groups excluding carboxylic acids is 2. The van der Waals surface area contributed by atoms with Crippen molar-refractivity contribution in [3.63, 3.8) is 0 Å². The molecule has 1 heterocycles. The molecule has 0 saturated heterocycles. The summed E-state index contributed by atoms with van der Waals surface area (Å²) in [6.45, 7) is 5.79. The van der Waals surface area contributed by atoms with Crippen LogP contribution in [0.15, 0.2) is 46.3 Å². The first-order valence-electron chi connectivity index (χ1n) is 9.26. The monoisotopic (exact) mass is 446 g/mol. The molecule has 0 aliphatic carbocycles. The van der Waals surface area contributed by atoms with Crippen LogP contribution in [-0.2, 0) is 25.9 Å². The third-order valence-corrected chi connectivity index (χ3v) is 6.85. The van der Waals surface area contributed by atoms with E-state index in [1.54, 1.807) is 11.5 Å². The number of benzene rings is 2. The van der Waals surface area contributed by atoms with Gasteiger partial charge in [0.2, 0.25) is 0 Å². The van der Waals surface area contributed by atoms with Gasteiger partial charge >= 0.3 is 5.97 Å². The minimum Gasteiger partial charge on any atom is -0.465 e. The van der Waals surface area contributed by atoms with Crippen molar-refractivity contribution in [3.8, 4) is 0 Å². The van der Waals surface area contributed by atoms with Gasteiger partial charge < -0.3 is 9.30 Å². The molecule has 0 fully saturated rings. The lowest BCUT2D eigenvalue weighted by atomic mass is 10.1. The Labute approximate surface area is 178 Å². The highest BCUT2D eigenvalue weighted by Gasteiger charge is 2.16. The number of sulfone groups is 1. The maximum atomic E-state index is 12.8. The normalized spacial score (nSPS) is 12.3. The topological polar surface area (TPSA) is 94.8 Å². The molecule has 7 nitrogen and oxygen atoms in total. The van der Waals surface area contributed by atoms with Crippen molar-refractivity contribution in [1.82, 2.24) is 4.57 Å². The van der Waals surface area contributed by atoms with Gasteiger partial charge in [-0.05, 0) is 50.1 Å². The van der Waals surface area contributed by atoms with Crippen molar-refractivity contribution in [2.75, 3.05) is 12.9 Å². The smallest absolute Gasteiger partial charge is 0.326 e. The first kappa shape index (κ1) is 21.9. The van der Waals surface area contributed by atoms with Crippen molar-refractivity contribution in [2.45, 2.75) is 32.2 Å². The quantitative estimate of drug-likeness (QED) is 0.562. The number of thiazole rings is 1. The van der Waals surface area contributed by atoms with Crippen LogP contribution in [-0.4, -0.2) is 37.7 Å². The van der Waals surface area contributed by atoms with Crippen LogP contribution in [0, 0.1) is 13.8 Å². The maximum Gasteiger partial charge on any atom is 0.326 e. The Balaban J connectivity index is 2.18. The molecule has 0 N–H and O–H groups in total. The molecule has 0 aliphatic rings. The number of rotatable bonds is 5. The zero-order valence-electron chi connectivity index (χ0n) is 17.1. The summed E-state index contributed by atoms with van der Waals surface area (Å²) in [6.07, 6.45) is 1.08. The first-order chi connectivity index (χ1) is 14.1. The van der Waals surface area contributed by atoms with Gasteiger partial charge in [0.15, 0.2) is 14.6 Å². The number of aryl methyl sites for hydroxylation is 2. The van der Waals surface area contributed by atoms with Crippen LogP contribution in [0.25, 0.3) is 10.2 Å². The molecule has 3 aromatic rings. The van der Waals surface area contributed by atoms with Crippen molar-refractivity contribution in [1.29, 1.82) is 0 Å². The van der Waals surface area contributed by atoms with E-state index >= 15 is 0 Å². The number of carbonyl (C=O) groups is 2. The van der Waals surface area contributed by atoms with E-state index in [1.165, 1.54) is 35.6 Å². The second-order valence-electron chi connectivity index (χ2n) is 6.87. The number of hydrogen-bond donors (Lipinski definition) is 0. The van der Waals surface area contributed by atoms with Gasteiger partial charge in [-0.3, -0.25) is 9.59 Å². The fourth-order valence-electron chi connectivity index (χ4n) is 3.05. The molecule has 3 rings (SSSR count). The van der Waals surface area contributed by atoms with Crippen molar-refractivity contribution < 1.29 is 22.7 Å². The summed E-state index contributed by atoms with van der Waals surface area (Å²) in [6, 6.07) is 9.68. The summed E-state index contributed by atoms with van der Waals surface area (Å²) < 4.78 is 31.3. The summed E-state index contributed by atoms with van der Waals surface area (Å²) in [7, 11) is -3.45. The van der Waals surface area contributed by atoms with Crippen molar-refractivity contribution in [3.05, 3.63) is 57.9 Å². The lowest BCUT2D eigenvalue weighted by Gasteiger charge is -2.07. The zero-order chi connectivity index (χ0) is 22.1. The Morgan fingerprint density at radius 2 is 1.83 bits per heavy atom. The highest BCUT2D eigenvalue weighted by molar-refractivity contribution is 7.90. The standard InChI is InChI=1S/C21H22N2O5S2/c1-5-28-17(24)12-23-18-13(2)9-10-14(3)19(18)29-21(23)22-20(25)15-7-6-8-16(11-15)30(4,26)27/h6-11H,5,12H2,1-4H3. The molecule has 2 aromatic carbocycles. The third kappa shape index (κ3) is 4.52. The number of amides is 1. The molecule has 9 heteroatoms. The maximum absolute atomic E-state index is 12.8. The zero-order valence-corrected chi connectivity index (χ0v) is 18.8. The number of ether oxygens (including phenoxy) is 1. The van der Waals surface area contributed by atoms with Crippen LogP contribution < -0.4 is 4.80 Å². The van der Waals surface area contributed by atoms with E-state index in [1.807, 2.05) is 26.0 Å². The number of hydrogen-bond acceptors (Lipinski definition) is 6. The Hall–Kier alpha value is -2.78. The van der Waals surface area contributed by atoms with E-state index in [4.69, 9.17) is 4.74 Å². The van der Waals surface area contributed by atoms with E-state index in [2.05, 4.69) is 4.99 Å². The Kier molecular flexibility index (Phi) is 6.23. The van der Waals surface area contributed by atoms with Gasteiger partial charge in [-0.25, -0.2) is 8.42 Å². The molecule has 0 radical (unpaired) electrons. The predicted molar refractivity (Wildman–Crippen MR) is 115 cm³/mol. The molecule has 0 atom stereocenters. The molecule has 1 aromatic heterocycles. The Morgan fingerprint density at radius 3 is 2.50 bits per heavy atom. The fraction of sp³-hybridized carbons (Fsp3) is 0.286. The van der Waals surface area contributed by atoms with Gasteiger partial charge in [0.05, 0.1) is 21.7 Å². The van der Waals surface area contributed by atoms with Gasteiger partial charge in [0.1, 0.15) is 6.54 Å². The Morgan fingerprint density at radius 1 is 1.13 bits per heavy atom. The van der Waals surface area contributed by atoms with E-state index < -0.39 is 21.7 Å². The first-order valence-corrected chi connectivity index (χ1v) is 12.0. The minimum atomic E-state index is -3.45. The number of esters is 1. The molecule has 0 bridgehead atoms. The summed E-state index contributed by atoms with van der Waals surface area (Å²) in [4.78, 5) is 29.6. The average Bonchev–Trinajstić information content (AvgIpc) is 3.03. The average molecular weight is 447 g/mol. The van der Waals surface area contributed by atoms with Crippen LogP contribution >= 0.6 is 11.3 Å².